The summed E-state index contributed by atoms with van der Waals surface area (Å²) in [6, 6.07) is 0. The van der Waals surface area contributed by atoms with Crippen LogP contribution in [0.15, 0.2) is 0 Å². The molecule has 0 aliphatic rings. The molecule has 0 saturated heterocycles. The SMILES string of the molecule is [2H]C(C(C)=O)C(C)(C)C=O. The Balaban J connectivity index is 4.31. The summed E-state index contributed by atoms with van der Waals surface area (Å²) in [5, 5.41) is 0. The van der Waals surface area contributed by atoms with Crippen LogP contribution in [0.3, 0.4) is 0 Å². The van der Waals surface area contributed by atoms with Gasteiger partial charge >= 0.3 is 0 Å². The van der Waals surface area contributed by atoms with Crippen LogP contribution in [0.2, 0.25) is 0 Å². The third kappa shape index (κ3) is 3.88. The van der Waals surface area contributed by atoms with Crippen molar-refractivity contribution in [2.75, 3.05) is 0 Å². The maximum atomic E-state index is 10.6. The van der Waals surface area contributed by atoms with E-state index in [1.165, 1.54) is 6.92 Å². The molecule has 0 N–H and O–H groups in total. The summed E-state index contributed by atoms with van der Waals surface area (Å²) in [5.41, 5.74) is -0.841. The van der Waals surface area contributed by atoms with Gasteiger partial charge in [0.1, 0.15) is 12.1 Å². The molecule has 2 heteroatoms. The molecule has 0 aromatic heterocycles. The fourth-order valence-corrected chi connectivity index (χ4v) is 0.558. The molecule has 0 aliphatic heterocycles. The van der Waals surface area contributed by atoms with Crippen molar-refractivity contribution in [2.24, 2.45) is 5.41 Å². The van der Waals surface area contributed by atoms with E-state index in [4.69, 9.17) is 1.37 Å². The van der Waals surface area contributed by atoms with Crippen molar-refractivity contribution in [1.82, 2.24) is 0 Å². The Morgan fingerprint density at radius 1 is 1.78 bits per heavy atom. The molecule has 2 nitrogen and oxygen atoms in total. The molecule has 0 heterocycles. The van der Waals surface area contributed by atoms with Crippen LogP contribution in [-0.2, 0) is 9.59 Å². The van der Waals surface area contributed by atoms with Gasteiger partial charge in [0, 0.05) is 13.2 Å². The molecule has 0 aromatic carbocycles. The van der Waals surface area contributed by atoms with Crippen molar-refractivity contribution in [3.63, 3.8) is 0 Å². The minimum absolute atomic E-state index is 0.267. The summed E-state index contributed by atoms with van der Waals surface area (Å²) >= 11 is 0. The number of Topliss-reactive ketones (excluding diaryl/α,β-unsaturated/α-hetero) is 1. The zero-order valence-corrected chi connectivity index (χ0v) is 5.97. The van der Waals surface area contributed by atoms with Crippen LogP contribution < -0.4 is 0 Å². The normalized spacial score (nSPS) is 16.1. The lowest BCUT2D eigenvalue weighted by atomic mass is 9.90. The van der Waals surface area contributed by atoms with Crippen LogP contribution in [0, 0.1) is 5.41 Å². The Labute approximate surface area is 56.7 Å². The van der Waals surface area contributed by atoms with Gasteiger partial charge in [-0.05, 0) is 6.92 Å². The number of hydrogen-bond donors (Lipinski definition) is 0. The Morgan fingerprint density at radius 3 is 2.33 bits per heavy atom. The van der Waals surface area contributed by atoms with Gasteiger partial charge in [0.15, 0.2) is 0 Å². The van der Waals surface area contributed by atoms with Crippen molar-refractivity contribution in [1.29, 1.82) is 0 Å². The van der Waals surface area contributed by atoms with E-state index >= 15 is 0 Å². The fraction of sp³-hybridized carbons (Fsp3) is 0.714. The van der Waals surface area contributed by atoms with Crippen molar-refractivity contribution in [2.45, 2.75) is 27.2 Å². The topological polar surface area (TPSA) is 34.1 Å². The summed E-state index contributed by atoms with van der Waals surface area (Å²) < 4.78 is 7.25. The molecule has 1 atom stereocenters. The highest BCUT2D eigenvalue weighted by atomic mass is 16.1. The summed E-state index contributed by atoms with van der Waals surface area (Å²) in [7, 11) is 0. The highest BCUT2D eigenvalue weighted by Gasteiger charge is 2.17. The van der Waals surface area contributed by atoms with Gasteiger partial charge in [0.25, 0.3) is 0 Å². The third-order valence-electron chi connectivity index (χ3n) is 0.879. The standard InChI is InChI=1S/C7H12O2/c1-6(9)4-7(2,3)5-8/h5H,4H2,1-3H3/i4D. The highest BCUT2D eigenvalue weighted by molar-refractivity contribution is 5.79. The monoisotopic (exact) mass is 129 g/mol. The van der Waals surface area contributed by atoms with E-state index in [0.717, 1.165) is 0 Å². The van der Waals surface area contributed by atoms with Gasteiger partial charge in [0.2, 0.25) is 0 Å². The molecule has 0 bridgehead atoms. The zero-order chi connectivity index (χ0) is 8.36. The Kier molecular flexibility index (Phi) is 1.98. The van der Waals surface area contributed by atoms with E-state index in [1.54, 1.807) is 13.8 Å². The number of rotatable bonds is 3. The first kappa shape index (κ1) is 6.46. The van der Waals surface area contributed by atoms with E-state index in [-0.39, 0.29) is 5.78 Å². The minimum atomic E-state index is -0.926. The lowest BCUT2D eigenvalue weighted by Crippen LogP contribution is -2.16. The minimum Gasteiger partial charge on any atom is -0.303 e. The van der Waals surface area contributed by atoms with Crippen molar-refractivity contribution >= 4 is 12.1 Å². The molecule has 0 fully saturated rings. The maximum absolute atomic E-state index is 10.6. The van der Waals surface area contributed by atoms with Crippen LogP contribution >= 0.6 is 0 Å². The number of aldehydes is 1. The first-order valence-corrected chi connectivity index (χ1v) is 2.81. The van der Waals surface area contributed by atoms with Crippen LogP contribution in [-0.4, -0.2) is 12.1 Å². The van der Waals surface area contributed by atoms with Gasteiger partial charge in [0.05, 0.1) is 0 Å². The molecule has 0 aliphatic carbocycles. The average molecular weight is 129 g/mol. The summed E-state index contributed by atoms with van der Waals surface area (Å²) in [4.78, 5) is 20.9. The van der Waals surface area contributed by atoms with E-state index in [1.807, 2.05) is 0 Å². The van der Waals surface area contributed by atoms with Gasteiger partial charge in [-0.2, -0.15) is 0 Å². The van der Waals surface area contributed by atoms with Gasteiger partial charge in [-0.15, -0.1) is 0 Å². The van der Waals surface area contributed by atoms with E-state index in [2.05, 4.69) is 0 Å². The quantitative estimate of drug-likeness (QED) is 0.536. The maximum Gasteiger partial charge on any atom is 0.130 e. The predicted molar refractivity (Wildman–Crippen MR) is 35.1 cm³/mol. The molecule has 52 valence electrons. The largest absolute Gasteiger partial charge is 0.303 e. The molecule has 1 unspecified atom stereocenters. The van der Waals surface area contributed by atoms with Crippen molar-refractivity contribution in [3.05, 3.63) is 0 Å². The summed E-state index contributed by atoms with van der Waals surface area (Å²) in [6.07, 6.45) is -0.281. The zero-order valence-electron chi connectivity index (χ0n) is 6.97. The third-order valence-corrected chi connectivity index (χ3v) is 0.879. The lowest BCUT2D eigenvalue weighted by molar-refractivity contribution is -0.124. The van der Waals surface area contributed by atoms with E-state index < -0.39 is 11.8 Å². The Hall–Kier alpha value is -0.660. The predicted octanol–water partition coefficient (Wildman–Crippen LogP) is 1.19. The Morgan fingerprint density at radius 2 is 2.22 bits per heavy atom. The van der Waals surface area contributed by atoms with Crippen molar-refractivity contribution < 1.29 is 11.0 Å². The van der Waals surface area contributed by atoms with Crippen LogP contribution in [0.1, 0.15) is 28.5 Å². The van der Waals surface area contributed by atoms with Gasteiger partial charge in [-0.3, -0.25) is 4.79 Å². The summed E-state index contributed by atoms with van der Waals surface area (Å²) in [6.45, 7) is 4.49. The van der Waals surface area contributed by atoms with Gasteiger partial charge < -0.3 is 4.79 Å². The Bertz CT molecular complexity index is 152. The van der Waals surface area contributed by atoms with Gasteiger partial charge in [-0.1, -0.05) is 13.8 Å². The number of ketones is 1. The average Bonchev–Trinajstić information content (AvgIpc) is 1.86. The van der Waals surface area contributed by atoms with Crippen LogP contribution in [0.25, 0.3) is 0 Å². The molecule has 0 spiro atoms. The molecule has 0 aromatic rings. The fourth-order valence-electron chi connectivity index (χ4n) is 0.558. The first-order chi connectivity index (χ1) is 4.41. The molecular formula is C7H12O2. The second-order valence-electron chi connectivity index (χ2n) is 2.69. The molecule has 9 heavy (non-hydrogen) atoms. The second-order valence-corrected chi connectivity index (χ2v) is 2.69. The van der Waals surface area contributed by atoms with Crippen LogP contribution in [0.4, 0.5) is 0 Å². The van der Waals surface area contributed by atoms with Gasteiger partial charge in [-0.25, -0.2) is 0 Å². The molecule has 0 rings (SSSR count). The highest BCUT2D eigenvalue weighted by Crippen LogP contribution is 2.15. The lowest BCUT2D eigenvalue weighted by Gasteiger charge is -2.12. The number of carbonyl (C=O) groups is 2. The van der Waals surface area contributed by atoms with E-state index in [0.29, 0.717) is 6.29 Å². The smallest absolute Gasteiger partial charge is 0.130 e. The second kappa shape index (κ2) is 2.76. The van der Waals surface area contributed by atoms with E-state index in [9.17, 15) is 9.59 Å². The molecule has 0 radical (unpaired) electrons. The number of carbonyl (C=O) groups excluding carboxylic acids is 2. The molecular weight excluding hydrogens is 116 g/mol. The first-order valence-electron chi connectivity index (χ1n) is 3.38. The summed E-state index contributed by atoms with van der Waals surface area (Å²) in [5.74, 6) is -0.267. The molecule has 0 amide bonds. The number of hydrogen-bond acceptors (Lipinski definition) is 2. The van der Waals surface area contributed by atoms with Crippen molar-refractivity contribution in [3.8, 4) is 0 Å². The molecule has 0 saturated carbocycles. The van der Waals surface area contributed by atoms with Crippen LogP contribution in [0.5, 0.6) is 0 Å².